The van der Waals surface area contributed by atoms with E-state index in [1.54, 1.807) is 0 Å². The first-order valence-electron chi connectivity index (χ1n) is 3.01. The summed E-state index contributed by atoms with van der Waals surface area (Å²) in [6, 6.07) is 0. The zero-order valence-electron chi connectivity index (χ0n) is 4.95. The highest BCUT2D eigenvalue weighted by molar-refractivity contribution is 5.52. The van der Waals surface area contributed by atoms with Crippen LogP contribution in [0.4, 0.5) is 0 Å². The minimum atomic E-state index is 0.218. The Balaban J connectivity index is 2.31. The molecule has 1 aliphatic carbocycles. The fraction of sp³-hybridized carbons (Fsp3) is 0.286. The molecule has 9 heavy (non-hydrogen) atoms. The summed E-state index contributed by atoms with van der Waals surface area (Å²) in [6.07, 6.45) is 8.78. The Morgan fingerprint density at radius 1 is 1.67 bits per heavy atom. The summed E-state index contributed by atoms with van der Waals surface area (Å²) in [6.45, 7) is 0. The number of rotatable bonds is 0. The van der Waals surface area contributed by atoms with Gasteiger partial charge < -0.3 is 4.74 Å². The van der Waals surface area contributed by atoms with E-state index in [-0.39, 0.29) is 6.10 Å². The number of fused-ring (bicyclic) bond motifs is 1. The zero-order valence-corrected chi connectivity index (χ0v) is 4.95. The van der Waals surface area contributed by atoms with E-state index in [0.717, 1.165) is 12.1 Å². The largest absolute Gasteiger partial charge is 0.430 e. The minimum Gasteiger partial charge on any atom is -0.430 e. The minimum absolute atomic E-state index is 0.218. The molecule has 0 saturated carbocycles. The lowest BCUT2D eigenvalue weighted by Gasteiger charge is -2.02. The Hall–Kier alpha value is -1.05. The highest BCUT2D eigenvalue weighted by atomic mass is 16.5. The van der Waals surface area contributed by atoms with Crippen molar-refractivity contribution in [1.82, 2.24) is 4.99 Å². The molecule has 0 spiro atoms. The van der Waals surface area contributed by atoms with Gasteiger partial charge in [0.25, 0.3) is 5.70 Å². The molecule has 2 aliphatic rings. The molecule has 1 unspecified atom stereocenters. The van der Waals surface area contributed by atoms with Crippen molar-refractivity contribution in [3.05, 3.63) is 23.9 Å². The smallest absolute Gasteiger partial charge is 0.399 e. The van der Waals surface area contributed by atoms with Gasteiger partial charge in [-0.1, -0.05) is 12.2 Å². The normalized spacial score (nSPS) is 29.3. The lowest BCUT2D eigenvalue weighted by atomic mass is 10.1. The van der Waals surface area contributed by atoms with Crippen LogP contribution in [0.1, 0.15) is 6.42 Å². The average molecular weight is 121 g/mol. The first-order chi connectivity index (χ1) is 4.47. The van der Waals surface area contributed by atoms with Crippen molar-refractivity contribution in [3.8, 4) is 0 Å². The predicted molar refractivity (Wildman–Crippen MR) is 34.9 cm³/mol. The van der Waals surface area contributed by atoms with E-state index in [4.69, 9.17) is 4.74 Å². The summed E-state index contributed by atoms with van der Waals surface area (Å²) in [5.74, 6) is 0. The van der Waals surface area contributed by atoms with Crippen LogP contribution >= 0.6 is 0 Å². The molecule has 0 bridgehead atoms. The van der Waals surface area contributed by atoms with E-state index >= 15 is 0 Å². The van der Waals surface area contributed by atoms with E-state index in [1.807, 2.05) is 12.2 Å². The topological polar surface area (TPSA) is 23.3 Å². The molecule has 2 nitrogen and oxygen atoms in total. The zero-order chi connectivity index (χ0) is 6.10. The maximum Gasteiger partial charge on any atom is 0.399 e. The number of hydrogen-bond acceptors (Lipinski definition) is 2. The van der Waals surface area contributed by atoms with Crippen LogP contribution in [0.3, 0.4) is 0 Å². The van der Waals surface area contributed by atoms with Crippen molar-refractivity contribution >= 4 is 6.40 Å². The van der Waals surface area contributed by atoms with Crippen molar-refractivity contribution in [1.29, 1.82) is 0 Å². The summed E-state index contributed by atoms with van der Waals surface area (Å²) in [4.78, 5) is 4.02. The van der Waals surface area contributed by atoms with Gasteiger partial charge in [0, 0.05) is 12.5 Å². The van der Waals surface area contributed by atoms with Gasteiger partial charge in [-0.25, -0.2) is 0 Å². The summed E-state index contributed by atoms with van der Waals surface area (Å²) in [5, 5.41) is 0. The number of hydrogen-bond donors (Lipinski definition) is 0. The van der Waals surface area contributed by atoms with Crippen LogP contribution in [-0.2, 0) is 4.74 Å². The van der Waals surface area contributed by atoms with Gasteiger partial charge in [-0.2, -0.15) is 0 Å². The van der Waals surface area contributed by atoms with Crippen molar-refractivity contribution < 1.29 is 4.74 Å². The molecule has 1 aliphatic heterocycles. The van der Waals surface area contributed by atoms with E-state index in [9.17, 15) is 0 Å². The van der Waals surface area contributed by atoms with Crippen molar-refractivity contribution in [2.45, 2.75) is 12.5 Å². The van der Waals surface area contributed by atoms with Gasteiger partial charge >= 0.3 is 6.40 Å². The highest BCUT2D eigenvalue weighted by Crippen LogP contribution is 2.15. The summed E-state index contributed by atoms with van der Waals surface area (Å²) in [5.41, 5.74) is 1.05. The lowest BCUT2D eigenvalue weighted by molar-refractivity contribution is 0.258. The first-order valence-corrected chi connectivity index (χ1v) is 3.01. The Morgan fingerprint density at radius 2 is 2.67 bits per heavy atom. The Kier molecular flexibility index (Phi) is 0.918. The molecule has 0 N–H and O–H groups in total. The molecule has 1 heterocycles. The van der Waals surface area contributed by atoms with E-state index < -0.39 is 0 Å². The molecule has 45 valence electrons. The number of nitrogens with zero attached hydrogens (tertiary/aromatic N) is 1. The monoisotopic (exact) mass is 121 g/mol. The molecule has 0 aromatic heterocycles. The molecule has 0 aromatic rings. The first kappa shape index (κ1) is 4.79. The maximum absolute atomic E-state index is 5.15. The summed E-state index contributed by atoms with van der Waals surface area (Å²) in [7, 11) is 0. The average Bonchev–Trinajstić information content (AvgIpc) is 2.33. The van der Waals surface area contributed by atoms with Gasteiger partial charge in [-0.15, -0.1) is 0 Å². The molecule has 0 amide bonds. The third-order valence-corrected chi connectivity index (χ3v) is 1.51. The van der Waals surface area contributed by atoms with Gasteiger partial charge in [0.15, 0.2) is 6.10 Å². The van der Waals surface area contributed by atoms with Crippen molar-refractivity contribution in [2.24, 2.45) is 0 Å². The molecule has 1 radical (unpaired) electrons. The molecule has 0 fully saturated rings. The number of ether oxygens (including phenoxy) is 1. The SMILES string of the molecule is C1=CCC2OC=[N+]C2=C1. The maximum atomic E-state index is 5.15. The highest BCUT2D eigenvalue weighted by Gasteiger charge is 2.30. The van der Waals surface area contributed by atoms with Crippen LogP contribution in [0, 0.1) is 0 Å². The fourth-order valence-electron chi connectivity index (χ4n) is 1.01. The van der Waals surface area contributed by atoms with Crippen molar-refractivity contribution in [2.75, 3.05) is 0 Å². The molecule has 2 heteroatoms. The second-order valence-corrected chi connectivity index (χ2v) is 2.11. The number of allylic oxidation sites excluding steroid dienone is 2. The Labute approximate surface area is 53.5 Å². The molecule has 0 saturated heterocycles. The third-order valence-electron chi connectivity index (χ3n) is 1.51. The van der Waals surface area contributed by atoms with Crippen molar-refractivity contribution in [3.63, 3.8) is 0 Å². The Morgan fingerprint density at radius 3 is 3.56 bits per heavy atom. The quantitative estimate of drug-likeness (QED) is 0.460. The van der Waals surface area contributed by atoms with Gasteiger partial charge in [-0.3, -0.25) is 0 Å². The molecular formula is C7H7NO+. The standard InChI is InChI=1S/C7H7NO/c1-2-4-7-6(3-1)8-5-9-7/h1-3,5,7H,4H2/q+1. The van der Waals surface area contributed by atoms with E-state index in [2.05, 4.69) is 11.1 Å². The van der Waals surface area contributed by atoms with Crippen LogP contribution in [0.25, 0.3) is 0 Å². The second kappa shape index (κ2) is 1.72. The Bertz CT molecular complexity index is 203. The van der Waals surface area contributed by atoms with Crippen LogP contribution < -0.4 is 4.99 Å². The molecule has 1 atom stereocenters. The molecule has 0 aromatic carbocycles. The van der Waals surface area contributed by atoms with Crippen LogP contribution in [-0.4, -0.2) is 12.5 Å². The van der Waals surface area contributed by atoms with Crippen LogP contribution in [0.15, 0.2) is 23.9 Å². The summed E-state index contributed by atoms with van der Waals surface area (Å²) < 4.78 is 5.15. The van der Waals surface area contributed by atoms with Crippen LogP contribution in [0.5, 0.6) is 0 Å². The van der Waals surface area contributed by atoms with E-state index in [0.29, 0.717) is 0 Å². The summed E-state index contributed by atoms with van der Waals surface area (Å²) >= 11 is 0. The van der Waals surface area contributed by atoms with Gasteiger partial charge in [0.05, 0.1) is 0 Å². The predicted octanol–water partition coefficient (Wildman–Crippen LogP) is 0.593. The van der Waals surface area contributed by atoms with Crippen LogP contribution in [0.2, 0.25) is 0 Å². The molecule has 2 rings (SSSR count). The fourth-order valence-corrected chi connectivity index (χ4v) is 1.01. The van der Waals surface area contributed by atoms with Gasteiger partial charge in [-0.05, 0) is 0 Å². The second-order valence-electron chi connectivity index (χ2n) is 2.11. The third kappa shape index (κ3) is 0.669. The molecular weight excluding hydrogens is 114 g/mol. The van der Waals surface area contributed by atoms with Gasteiger partial charge in [0.2, 0.25) is 0 Å². The van der Waals surface area contributed by atoms with Gasteiger partial charge in [0.1, 0.15) is 4.99 Å². The van der Waals surface area contributed by atoms with E-state index in [1.165, 1.54) is 6.40 Å². The lowest BCUT2D eigenvalue weighted by Crippen LogP contribution is -2.10. The number of aliphatic imine (C=N–C) groups is 1.